The van der Waals surface area contributed by atoms with Crippen LogP contribution in [0.2, 0.25) is 0 Å². The van der Waals surface area contributed by atoms with Gasteiger partial charge in [-0.05, 0) is 60.6 Å². The fourth-order valence-corrected chi connectivity index (χ4v) is 6.36. The largest absolute Gasteiger partial charge is 0.453 e. The first kappa shape index (κ1) is 29.8. The smallest absolute Gasteiger partial charge is 0.238 e. The van der Waals surface area contributed by atoms with E-state index in [0.29, 0.717) is 47.8 Å². The summed E-state index contributed by atoms with van der Waals surface area (Å²) < 4.78 is 44.8. The topological polar surface area (TPSA) is 107 Å². The molecule has 1 aliphatic carbocycles. The molecule has 1 aromatic carbocycles. The molecule has 3 heterocycles. The van der Waals surface area contributed by atoms with Gasteiger partial charge >= 0.3 is 0 Å². The molecule has 0 spiro atoms. The number of fused-ring (bicyclic) bond motifs is 1. The van der Waals surface area contributed by atoms with E-state index in [9.17, 15) is 22.4 Å². The SMILES string of the molecule is CCCN(Cc1ccc(-c2cc3nccc(Oc4ccc(CC(=O)CC5CC5)cc4F)c3s2)nc1)C(=O)CS(C)(=O)=O. The Balaban J connectivity index is 1.30. The molecule has 4 aromatic rings. The monoisotopic (exact) mass is 609 g/mol. The van der Waals surface area contributed by atoms with Crippen LogP contribution in [0.5, 0.6) is 11.5 Å². The lowest BCUT2D eigenvalue weighted by Gasteiger charge is -2.21. The summed E-state index contributed by atoms with van der Waals surface area (Å²) in [5, 5.41) is 0. The van der Waals surface area contributed by atoms with Crippen LogP contribution in [0.15, 0.2) is 54.9 Å². The average Bonchev–Trinajstić information content (AvgIpc) is 3.63. The third-order valence-electron chi connectivity index (χ3n) is 6.89. The molecule has 0 bridgehead atoms. The molecular weight excluding hydrogens is 577 g/mol. The van der Waals surface area contributed by atoms with Crippen molar-refractivity contribution >= 4 is 43.1 Å². The van der Waals surface area contributed by atoms with Gasteiger partial charge in [0.15, 0.2) is 21.4 Å². The van der Waals surface area contributed by atoms with E-state index in [-0.39, 0.29) is 24.5 Å². The molecule has 0 aliphatic heterocycles. The molecule has 1 aliphatic rings. The van der Waals surface area contributed by atoms with Crippen LogP contribution in [0.4, 0.5) is 4.39 Å². The summed E-state index contributed by atoms with van der Waals surface area (Å²) in [5.74, 6) is -0.315. The third kappa shape index (κ3) is 7.77. The lowest BCUT2D eigenvalue weighted by molar-refractivity contribution is -0.129. The highest BCUT2D eigenvalue weighted by Gasteiger charge is 2.24. The summed E-state index contributed by atoms with van der Waals surface area (Å²) in [5.41, 5.74) is 2.80. The number of ether oxygens (including phenoxy) is 1. The quantitative estimate of drug-likeness (QED) is 0.183. The standard InChI is InChI=1S/C31H32FN3O5S2/c1-3-12-35(30(37)19-42(2,38)39)18-22-6-8-25(34-17-22)29-16-26-31(41-29)28(10-11-33-26)40-27-9-7-21(15-24(27)32)14-23(36)13-20-4-5-20/h6-11,15-17,20H,3-5,12-14,18-19H2,1-2H3. The number of amides is 1. The van der Waals surface area contributed by atoms with E-state index in [2.05, 4.69) is 9.97 Å². The zero-order valence-corrected chi connectivity index (χ0v) is 25.1. The number of Topliss-reactive ketones (excluding diaryl/α,β-unsaturated/α-hetero) is 1. The second-order valence-electron chi connectivity index (χ2n) is 10.8. The molecule has 0 saturated heterocycles. The Bertz CT molecular complexity index is 1720. The lowest BCUT2D eigenvalue weighted by atomic mass is 10.0. The van der Waals surface area contributed by atoms with Gasteiger partial charge in [-0.2, -0.15) is 0 Å². The van der Waals surface area contributed by atoms with E-state index in [4.69, 9.17) is 4.74 Å². The van der Waals surface area contributed by atoms with Crippen molar-refractivity contribution in [1.82, 2.24) is 14.9 Å². The third-order valence-corrected chi connectivity index (χ3v) is 8.82. The summed E-state index contributed by atoms with van der Waals surface area (Å²) in [7, 11) is -3.42. The highest BCUT2D eigenvalue weighted by molar-refractivity contribution is 7.91. The Hall–Kier alpha value is -3.70. The number of aromatic nitrogens is 2. The van der Waals surface area contributed by atoms with Gasteiger partial charge in [0.1, 0.15) is 17.3 Å². The maximum absolute atomic E-state index is 14.9. The number of thiophene rings is 1. The number of benzene rings is 1. The van der Waals surface area contributed by atoms with Gasteiger partial charge in [-0.1, -0.05) is 19.1 Å². The van der Waals surface area contributed by atoms with Gasteiger partial charge < -0.3 is 9.64 Å². The van der Waals surface area contributed by atoms with Crippen molar-refractivity contribution < 1.29 is 27.1 Å². The zero-order valence-electron chi connectivity index (χ0n) is 23.5. The molecule has 11 heteroatoms. The van der Waals surface area contributed by atoms with Gasteiger partial charge in [0.05, 0.1) is 20.8 Å². The first-order chi connectivity index (χ1) is 20.1. The highest BCUT2D eigenvalue weighted by Crippen LogP contribution is 2.39. The van der Waals surface area contributed by atoms with E-state index in [1.807, 2.05) is 25.1 Å². The van der Waals surface area contributed by atoms with Crippen LogP contribution < -0.4 is 4.74 Å². The molecule has 3 aromatic heterocycles. The Labute approximate surface area is 248 Å². The molecule has 0 unspecified atom stereocenters. The molecule has 1 amide bonds. The Morgan fingerprint density at radius 1 is 1.07 bits per heavy atom. The summed E-state index contributed by atoms with van der Waals surface area (Å²) in [4.78, 5) is 36.0. The van der Waals surface area contributed by atoms with Crippen LogP contribution in [-0.2, 0) is 32.4 Å². The van der Waals surface area contributed by atoms with Crippen molar-refractivity contribution in [2.75, 3.05) is 18.6 Å². The van der Waals surface area contributed by atoms with Crippen LogP contribution in [-0.4, -0.2) is 53.5 Å². The van der Waals surface area contributed by atoms with Gasteiger partial charge in [-0.15, -0.1) is 11.3 Å². The van der Waals surface area contributed by atoms with Crippen molar-refractivity contribution in [3.05, 3.63) is 71.8 Å². The molecule has 8 nitrogen and oxygen atoms in total. The van der Waals surface area contributed by atoms with E-state index in [1.54, 1.807) is 30.6 Å². The van der Waals surface area contributed by atoms with Crippen LogP contribution in [0.3, 0.4) is 0 Å². The molecular formula is C31H32FN3O5S2. The second-order valence-corrected chi connectivity index (χ2v) is 14.0. The molecule has 42 heavy (non-hydrogen) atoms. The predicted octanol–water partition coefficient (Wildman–Crippen LogP) is 5.98. The van der Waals surface area contributed by atoms with Crippen LogP contribution >= 0.6 is 11.3 Å². The number of hydrogen-bond donors (Lipinski definition) is 0. The molecule has 0 atom stereocenters. The van der Waals surface area contributed by atoms with Gasteiger partial charge in [-0.25, -0.2) is 12.8 Å². The number of carbonyl (C=O) groups excluding carboxylic acids is 2. The van der Waals surface area contributed by atoms with E-state index in [0.717, 1.165) is 34.2 Å². The first-order valence-corrected chi connectivity index (χ1v) is 16.7. The Morgan fingerprint density at radius 3 is 2.52 bits per heavy atom. The minimum absolute atomic E-state index is 0.0698. The molecule has 0 radical (unpaired) electrons. The number of rotatable bonds is 13. The fraction of sp³-hybridized carbons (Fsp3) is 0.355. The summed E-state index contributed by atoms with van der Waals surface area (Å²) in [6, 6.07) is 11.9. The molecule has 1 saturated carbocycles. The summed E-state index contributed by atoms with van der Waals surface area (Å²) in [6.45, 7) is 2.64. The van der Waals surface area contributed by atoms with Gasteiger partial charge in [0.25, 0.3) is 0 Å². The van der Waals surface area contributed by atoms with Crippen LogP contribution in [0, 0.1) is 11.7 Å². The normalized spacial score (nSPS) is 13.3. The fourth-order valence-electron chi connectivity index (χ4n) is 4.68. The number of pyridine rings is 2. The minimum Gasteiger partial charge on any atom is -0.453 e. The molecule has 1 fully saturated rings. The Morgan fingerprint density at radius 2 is 1.86 bits per heavy atom. The first-order valence-electron chi connectivity index (χ1n) is 13.9. The minimum atomic E-state index is -3.42. The summed E-state index contributed by atoms with van der Waals surface area (Å²) >= 11 is 1.42. The van der Waals surface area contributed by atoms with Crippen molar-refractivity contribution in [2.45, 2.75) is 45.6 Å². The van der Waals surface area contributed by atoms with E-state index >= 15 is 0 Å². The van der Waals surface area contributed by atoms with Crippen LogP contribution in [0.1, 0.15) is 43.7 Å². The van der Waals surface area contributed by atoms with Crippen LogP contribution in [0.25, 0.3) is 20.8 Å². The molecule has 5 rings (SSSR count). The van der Waals surface area contributed by atoms with E-state index < -0.39 is 27.3 Å². The van der Waals surface area contributed by atoms with Crippen molar-refractivity contribution in [3.63, 3.8) is 0 Å². The summed E-state index contributed by atoms with van der Waals surface area (Å²) in [6.07, 6.45) is 8.03. The second kappa shape index (κ2) is 12.7. The number of sulfone groups is 1. The lowest BCUT2D eigenvalue weighted by Crippen LogP contribution is -2.35. The van der Waals surface area contributed by atoms with E-state index in [1.165, 1.54) is 22.3 Å². The predicted molar refractivity (Wildman–Crippen MR) is 161 cm³/mol. The maximum atomic E-state index is 14.9. The number of ketones is 1. The number of nitrogens with zero attached hydrogens (tertiary/aromatic N) is 3. The Kier molecular flexibility index (Phi) is 8.98. The zero-order chi connectivity index (χ0) is 29.9. The van der Waals surface area contributed by atoms with Gasteiger partial charge in [0, 0.05) is 50.6 Å². The van der Waals surface area contributed by atoms with Crippen molar-refractivity contribution in [2.24, 2.45) is 5.92 Å². The number of carbonyl (C=O) groups is 2. The number of halogens is 1. The highest BCUT2D eigenvalue weighted by atomic mass is 32.2. The molecule has 0 N–H and O–H groups in total. The van der Waals surface area contributed by atoms with Gasteiger partial charge in [-0.3, -0.25) is 19.6 Å². The van der Waals surface area contributed by atoms with Crippen molar-refractivity contribution in [3.8, 4) is 22.1 Å². The number of hydrogen-bond acceptors (Lipinski definition) is 8. The van der Waals surface area contributed by atoms with Gasteiger partial charge in [0.2, 0.25) is 5.91 Å². The average molecular weight is 610 g/mol. The van der Waals surface area contributed by atoms with Crippen molar-refractivity contribution in [1.29, 1.82) is 0 Å². The maximum Gasteiger partial charge on any atom is 0.238 e. The molecule has 220 valence electrons.